The molecule has 0 spiro atoms. The molecule has 0 saturated carbocycles. The molecule has 96 valence electrons. The van der Waals surface area contributed by atoms with Gasteiger partial charge in [-0.2, -0.15) is 13.5 Å². The smallest absolute Gasteiger partial charge is 0.345 e. The van der Waals surface area contributed by atoms with Crippen molar-refractivity contribution in [2.45, 2.75) is 5.03 Å². The summed E-state index contributed by atoms with van der Waals surface area (Å²) >= 11 is 0.851. The summed E-state index contributed by atoms with van der Waals surface area (Å²) in [5.74, 6) is -1.09. The molecule has 0 radical (unpaired) electrons. The SMILES string of the molecule is Cn1nccc1S(=O)(=O)Nc1ccc(C(=O)O)s1. The highest BCUT2D eigenvalue weighted by Crippen LogP contribution is 2.24. The van der Waals surface area contributed by atoms with Gasteiger partial charge in [-0.15, -0.1) is 11.3 Å². The van der Waals surface area contributed by atoms with Gasteiger partial charge in [0.05, 0.1) is 6.20 Å². The molecule has 2 heterocycles. The number of nitrogens with one attached hydrogen (secondary N) is 1. The summed E-state index contributed by atoms with van der Waals surface area (Å²) in [6.07, 6.45) is 1.37. The number of hydrogen-bond acceptors (Lipinski definition) is 5. The number of sulfonamides is 1. The Morgan fingerprint density at radius 1 is 1.44 bits per heavy atom. The number of anilines is 1. The Bertz CT molecular complexity index is 686. The summed E-state index contributed by atoms with van der Waals surface area (Å²) in [4.78, 5) is 10.7. The van der Waals surface area contributed by atoms with Crippen LogP contribution in [0.25, 0.3) is 0 Å². The molecule has 2 rings (SSSR count). The predicted molar refractivity (Wildman–Crippen MR) is 65.3 cm³/mol. The predicted octanol–water partition coefficient (Wildman–Crippen LogP) is 0.981. The normalized spacial score (nSPS) is 11.4. The maximum atomic E-state index is 11.9. The van der Waals surface area contributed by atoms with Gasteiger partial charge in [0, 0.05) is 7.05 Å². The lowest BCUT2D eigenvalue weighted by molar-refractivity contribution is 0.0702. The molecule has 2 aromatic heterocycles. The van der Waals surface area contributed by atoms with Crippen molar-refractivity contribution in [1.29, 1.82) is 0 Å². The summed E-state index contributed by atoms with van der Waals surface area (Å²) in [6, 6.07) is 4.10. The third-order valence-electron chi connectivity index (χ3n) is 2.10. The average Bonchev–Trinajstić information content (AvgIpc) is 2.86. The number of carboxylic acid groups (broad SMARTS) is 1. The van der Waals surface area contributed by atoms with Crippen molar-refractivity contribution in [2.24, 2.45) is 7.05 Å². The van der Waals surface area contributed by atoms with Gasteiger partial charge in [-0.25, -0.2) is 4.79 Å². The van der Waals surface area contributed by atoms with E-state index in [9.17, 15) is 13.2 Å². The molecule has 0 amide bonds. The minimum atomic E-state index is -3.75. The van der Waals surface area contributed by atoms with Crippen LogP contribution in [0.2, 0.25) is 0 Å². The fourth-order valence-corrected chi connectivity index (χ4v) is 3.48. The first-order valence-electron chi connectivity index (χ1n) is 4.74. The largest absolute Gasteiger partial charge is 0.477 e. The summed E-state index contributed by atoms with van der Waals surface area (Å²) < 4.78 is 27.4. The molecule has 0 fully saturated rings. The number of carbonyl (C=O) groups is 1. The van der Waals surface area contributed by atoms with Crippen LogP contribution < -0.4 is 4.72 Å². The van der Waals surface area contributed by atoms with Crippen LogP contribution in [-0.2, 0) is 17.1 Å². The first kappa shape index (κ1) is 12.6. The highest BCUT2D eigenvalue weighted by atomic mass is 32.2. The van der Waals surface area contributed by atoms with E-state index < -0.39 is 16.0 Å². The van der Waals surface area contributed by atoms with Crippen LogP contribution in [0.1, 0.15) is 9.67 Å². The van der Waals surface area contributed by atoms with Gasteiger partial charge in [-0.05, 0) is 18.2 Å². The number of aryl methyl sites for hydroxylation is 1. The maximum absolute atomic E-state index is 11.9. The Balaban J connectivity index is 2.28. The molecule has 0 aromatic carbocycles. The summed E-state index contributed by atoms with van der Waals surface area (Å²) in [5, 5.41) is 12.8. The van der Waals surface area contributed by atoms with E-state index in [2.05, 4.69) is 9.82 Å². The van der Waals surface area contributed by atoms with E-state index in [4.69, 9.17) is 5.11 Å². The lowest BCUT2D eigenvalue weighted by atomic mass is 10.5. The second kappa shape index (κ2) is 4.42. The zero-order valence-electron chi connectivity index (χ0n) is 9.19. The number of aromatic nitrogens is 2. The van der Waals surface area contributed by atoms with Crippen LogP contribution in [0.15, 0.2) is 29.4 Å². The molecular weight excluding hydrogens is 278 g/mol. The molecule has 0 aliphatic rings. The van der Waals surface area contributed by atoms with Gasteiger partial charge in [-0.1, -0.05) is 0 Å². The first-order valence-corrected chi connectivity index (χ1v) is 7.04. The minimum Gasteiger partial charge on any atom is -0.477 e. The number of rotatable bonds is 4. The highest BCUT2D eigenvalue weighted by molar-refractivity contribution is 7.92. The number of aromatic carboxylic acids is 1. The van der Waals surface area contributed by atoms with E-state index in [1.165, 1.54) is 36.1 Å². The van der Waals surface area contributed by atoms with Crippen molar-refractivity contribution in [3.05, 3.63) is 29.3 Å². The lowest BCUT2D eigenvalue weighted by Gasteiger charge is -2.05. The zero-order valence-corrected chi connectivity index (χ0v) is 10.8. The van der Waals surface area contributed by atoms with E-state index >= 15 is 0 Å². The molecule has 0 bridgehead atoms. The van der Waals surface area contributed by atoms with Crippen molar-refractivity contribution < 1.29 is 18.3 Å². The Kier molecular flexibility index (Phi) is 3.09. The van der Waals surface area contributed by atoms with Gasteiger partial charge in [0.25, 0.3) is 10.0 Å². The fourth-order valence-electron chi connectivity index (χ4n) is 1.32. The third kappa shape index (κ3) is 2.36. The van der Waals surface area contributed by atoms with Crippen molar-refractivity contribution in [1.82, 2.24) is 9.78 Å². The Morgan fingerprint density at radius 3 is 2.67 bits per heavy atom. The Morgan fingerprint density at radius 2 is 2.17 bits per heavy atom. The molecule has 9 heteroatoms. The van der Waals surface area contributed by atoms with Gasteiger partial charge < -0.3 is 5.11 Å². The standard InChI is InChI=1S/C9H9N3O4S2/c1-12-8(4-5-10-12)18(15,16)11-7-3-2-6(17-7)9(13)14/h2-5,11H,1H3,(H,13,14). The Hall–Kier alpha value is -1.87. The summed E-state index contributed by atoms with van der Waals surface area (Å²) in [5.41, 5.74) is 0. The van der Waals surface area contributed by atoms with Crippen LogP contribution in [0.5, 0.6) is 0 Å². The molecule has 2 N–H and O–H groups in total. The van der Waals surface area contributed by atoms with Gasteiger partial charge >= 0.3 is 5.97 Å². The molecule has 0 aliphatic heterocycles. The van der Waals surface area contributed by atoms with Crippen LogP contribution in [0.4, 0.5) is 5.00 Å². The Labute approximate surface area is 107 Å². The topological polar surface area (TPSA) is 101 Å². The monoisotopic (exact) mass is 287 g/mol. The number of nitrogens with zero attached hydrogens (tertiary/aromatic N) is 2. The first-order chi connectivity index (χ1) is 8.40. The van der Waals surface area contributed by atoms with Crippen LogP contribution in [0.3, 0.4) is 0 Å². The van der Waals surface area contributed by atoms with E-state index in [0.717, 1.165) is 11.3 Å². The van der Waals surface area contributed by atoms with Crippen molar-refractivity contribution in [3.63, 3.8) is 0 Å². The van der Waals surface area contributed by atoms with Gasteiger partial charge in [-0.3, -0.25) is 9.40 Å². The van der Waals surface area contributed by atoms with Crippen molar-refractivity contribution in [2.75, 3.05) is 4.72 Å². The highest BCUT2D eigenvalue weighted by Gasteiger charge is 2.19. The fraction of sp³-hybridized carbons (Fsp3) is 0.111. The second-order valence-electron chi connectivity index (χ2n) is 3.37. The third-order valence-corrected chi connectivity index (χ3v) is 4.66. The molecule has 7 nitrogen and oxygen atoms in total. The summed E-state index contributed by atoms with van der Waals surface area (Å²) in [6.45, 7) is 0. The minimum absolute atomic E-state index is 0.00720. The van der Waals surface area contributed by atoms with Gasteiger partial charge in [0.15, 0.2) is 5.03 Å². The van der Waals surface area contributed by atoms with Crippen LogP contribution >= 0.6 is 11.3 Å². The summed E-state index contributed by atoms with van der Waals surface area (Å²) in [7, 11) is -2.24. The molecule has 2 aromatic rings. The number of carboxylic acids is 1. The van der Waals surface area contributed by atoms with Crippen molar-refractivity contribution >= 4 is 32.3 Å². The van der Waals surface area contributed by atoms with Gasteiger partial charge in [0.2, 0.25) is 0 Å². The van der Waals surface area contributed by atoms with E-state index in [-0.39, 0.29) is 14.9 Å². The number of thiophene rings is 1. The van der Waals surface area contributed by atoms with E-state index in [1.54, 1.807) is 0 Å². The van der Waals surface area contributed by atoms with Crippen LogP contribution in [-0.4, -0.2) is 29.3 Å². The maximum Gasteiger partial charge on any atom is 0.345 e. The van der Waals surface area contributed by atoms with Crippen molar-refractivity contribution in [3.8, 4) is 0 Å². The molecule has 0 saturated heterocycles. The molecule has 0 unspecified atom stereocenters. The molecular formula is C9H9N3O4S2. The number of hydrogen-bond donors (Lipinski definition) is 2. The molecule has 0 atom stereocenters. The average molecular weight is 287 g/mol. The molecule has 0 aliphatic carbocycles. The van der Waals surface area contributed by atoms with Gasteiger partial charge in [0.1, 0.15) is 9.88 Å². The van der Waals surface area contributed by atoms with E-state index in [1.807, 2.05) is 0 Å². The lowest BCUT2D eigenvalue weighted by Crippen LogP contribution is -2.15. The van der Waals surface area contributed by atoms with Crippen LogP contribution in [0, 0.1) is 0 Å². The zero-order chi connectivity index (χ0) is 13.3. The van der Waals surface area contributed by atoms with E-state index in [0.29, 0.717) is 0 Å². The second-order valence-corrected chi connectivity index (χ2v) is 6.08. The molecule has 18 heavy (non-hydrogen) atoms. The quantitative estimate of drug-likeness (QED) is 0.873.